The molecule has 0 spiro atoms. The fourth-order valence-electron chi connectivity index (χ4n) is 3.08. The Morgan fingerprint density at radius 1 is 1.26 bits per heavy atom. The molecular weight excluding hydrogens is 288 g/mol. The van der Waals surface area contributed by atoms with Crippen LogP contribution in [0.5, 0.6) is 0 Å². The first kappa shape index (κ1) is 17.5. The van der Waals surface area contributed by atoms with Crippen LogP contribution >= 0.6 is 0 Å². The van der Waals surface area contributed by atoms with Gasteiger partial charge in [-0.3, -0.25) is 9.59 Å². The summed E-state index contributed by atoms with van der Waals surface area (Å²) in [5.74, 6) is -0.0580. The van der Waals surface area contributed by atoms with Gasteiger partial charge in [-0.25, -0.2) is 0 Å². The molecular formula is C19H28N2O2. The number of unbranched alkanes of at least 4 members (excludes halogenated alkanes) is 2. The highest BCUT2D eigenvalue weighted by atomic mass is 16.2. The molecule has 1 atom stereocenters. The van der Waals surface area contributed by atoms with E-state index in [4.69, 9.17) is 0 Å². The molecule has 23 heavy (non-hydrogen) atoms. The molecule has 0 radical (unpaired) electrons. The second-order valence-corrected chi connectivity index (χ2v) is 6.37. The quantitative estimate of drug-likeness (QED) is 0.819. The van der Waals surface area contributed by atoms with E-state index in [1.54, 1.807) is 0 Å². The summed E-state index contributed by atoms with van der Waals surface area (Å²) in [6.07, 6.45) is 6.07. The predicted molar refractivity (Wildman–Crippen MR) is 92.4 cm³/mol. The molecule has 1 heterocycles. The van der Waals surface area contributed by atoms with Crippen LogP contribution in [0.4, 0.5) is 0 Å². The maximum atomic E-state index is 12.7. The third-order valence-electron chi connectivity index (χ3n) is 4.51. The zero-order valence-corrected chi connectivity index (χ0v) is 14.3. The van der Waals surface area contributed by atoms with Crippen LogP contribution < -0.4 is 5.32 Å². The van der Waals surface area contributed by atoms with E-state index in [0.29, 0.717) is 5.56 Å². The average molecular weight is 316 g/mol. The highest BCUT2D eigenvalue weighted by Gasteiger charge is 2.28. The van der Waals surface area contributed by atoms with Crippen LogP contribution in [0, 0.1) is 6.92 Å². The normalized spacial score (nSPS) is 18.6. The molecule has 1 N–H and O–H groups in total. The minimum absolute atomic E-state index is 0.0838. The van der Waals surface area contributed by atoms with E-state index in [2.05, 4.69) is 12.2 Å². The third kappa shape index (κ3) is 4.81. The lowest BCUT2D eigenvalue weighted by molar-refractivity contribution is -0.132. The summed E-state index contributed by atoms with van der Waals surface area (Å²) in [7, 11) is 0. The number of amides is 2. The molecule has 0 saturated carbocycles. The topological polar surface area (TPSA) is 49.4 Å². The van der Waals surface area contributed by atoms with Crippen molar-refractivity contribution in [2.24, 2.45) is 0 Å². The Labute approximate surface area is 139 Å². The predicted octanol–water partition coefficient (Wildman–Crippen LogP) is 3.30. The second-order valence-electron chi connectivity index (χ2n) is 6.37. The van der Waals surface area contributed by atoms with Gasteiger partial charge >= 0.3 is 0 Å². The van der Waals surface area contributed by atoms with Crippen LogP contribution in [0.2, 0.25) is 0 Å². The van der Waals surface area contributed by atoms with E-state index in [1.807, 2.05) is 36.1 Å². The number of benzene rings is 1. The lowest BCUT2D eigenvalue weighted by Gasteiger charge is -2.25. The molecule has 1 fully saturated rings. The maximum Gasteiger partial charge on any atom is 0.252 e. The van der Waals surface area contributed by atoms with Crippen LogP contribution in [-0.2, 0) is 4.79 Å². The molecule has 4 heteroatoms. The minimum Gasteiger partial charge on any atom is -0.341 e. The van der Waals surface area contributed by atoms with Crippen LogP contribution in [0.3, 0.4) is 0 Å². The number of nitrogens with one attached hydrogen (secondary N) is 1. The largest absolute Gasteiger partial charge is 0.341 e. The van der Waals surface area contributed by atoms with Crippen molar-refractivity contribution in [1.82, 2.24) is 10.2 Å². The van der Waals surface area contributed by atoms with Gasteiger partial charge in [-0.2, -0.15) is 0 Å². The number of rotatable bonds is 6. The Morgan fingerprint density at radius 3 is 2.78 bits per heavy atom. The van der Waals surface area contributed by atoms with E-state index >= 15 is 0 Å². The van der Waals surface area contributed by atoms with Crippen molar-refractivity contribution in [2.75, 3.05) is 13.1 Å². The molecule has 126 valence electrons. The second kappa shape index (κ2) is 8.70. The number of likely N-dealkylation sites (tertiary alicyclic amines) is 1. The van der Waals surface area contributed by atoms with Crippen LogP contribution in [-0.4, -0.2) is 35.8 Å². The van der Waals surface area contributed by atoms with E-state index < -0.39 is 0 Å². The zero-order chi connectivity index (χ0) is 16.7. The molecule has 0 aromatic heterocycles. The summed E-state index contributed by atoms with van der Waals surface area (Å²) < 4.78 is 0. The molecule has 1 aliphatic rings. The summed E-state index contributed by atoms with van der Waals surface area (Å²) in [4.78, 5) is 27.1. The van der Waals surface area contributed by atoms with Gasteiger partial charge in [0.05, 0.1) is 0 Å². The van der Waals surface area contributed by atoms with Gasteiger partial charge in [-0.1, -0.05) is 38.0 Å². The maximum absolute atomic E-state index is 12.7. The number of aryl methyl sites for hydroxylation is 1. The van der Waals surface area contributed by atoms with Gasteiger partial charge in [0, 0.05) is 18.7 Å². The van der Waals surface area contributed by atoms with Crippen molar-refractivity contribution in [3.8, 4) is 0 Å². The molecule has 4 nitrogen and oxygen atoms in total. The summed E-state index contributed by atoms with van der Waals surface area (Å²) in [5.41, 5.74) is 1.59. The Hall–Kier alpha value is -1.84. The molecule has 1 unspecified atom stereocenters. The van der Waals surface area contributed by atoms with Crippen LogP contribution in [0.15, 0.2) is 24.3 Å². The number of hydrogen-bond donors (Lipinski definition) is 1. The van der Waals surface area contributed by atoms with E-state index in [1.165, 1.54) is 0 Å². The molecule has 1 aliphatic heterocycles. The Kier molecular flexibility index (Phi) is 6.63. The van der Waals surface area contributed by atoms with Crippen LogP contribution in [0.25, 0.3) is 0 Å². The summed E-state index contributed by atoms with van der Waals surface area (Å²) in [6, 6.07) is 7.11. The fourth-order valence-corrected chi connectivity index (χ4v) is 3.08. The zero-order valence-electron chi connectivity index (χ0n) is 14.3. The monoisotopic (exact) mass is 316 g/mol. The first-order chi connectivity index (χ1) is 11.1. The van der Waals surface area contributed by atoms with Gasteiger partial charge in [0.15, 0.2) is 0 Å². The molecule has 0 bridgehead atoms. The first-order valence-corrected chi connectivity index (χ1v) is 8.78. The van der Waals surface area contributed by atoms with Crippen molar-refractivity contribution in [1.29, 1.82) is 0 Å². The lowest BCUT2D eigenvalue weighted by atomic mass is 10.1. The minimum atomic E-state index is -0.383. The molecule has 1 aromatic carbocycles. The highest BCUT2D eigenvalue weighted by Crippen LogP contribution is 2.15. The lowest BCUT2D eigenvalue weighted by Crippen LogP contribution is -2.47. The van der Waals surface area contributed by atoms with Gasteiger partial charge in [0.25, 0.3) is 5.91 Å². The van der Waals surface area contributed by atoms with Crippen LogP contribution in [0.1, 0.15) is 61.4 Å². The van der Waals surface area contributed by atoms with E-state index in [0.717, 1.165) is 57.2 Å². The molecule has 1 saturated heterocycles. The van der Waals surface area contributed by atoms with Crippen molar-refractivity contribution in [3.05, 3.63) is 35.4 Å². The molecule has 2 rings (SSSR count). The third-order valence-corrected chi connectivity index (χ3v) is 4.51. The highest BCUT2D eigenvalue weighted by molar-refractivity contribution is 5.98. The smallest absolute Gasteiger partial charge is 0.252 e. The Morgan fingerprint density at radius 2 is 2.04 bits per heavy atom. The summed E-state index contributed by atoms with van der Waals surface area (Å²) >= 11 is 0. The van der Waals surface area contributed by atoms with Crippen molar-refractivity contribution in [3.63, 3.8) is 0 Å². The molecule has 0 aliphatic carbocycles. The summed E-state index contributed by atoms with van der Waals surface area (Å²) in [5, 5.41) is 2.96. The first-order valence-electron chi connectivity index (χ1n) is 8.78. The molecule has 2 amide bonds. The average Bonchev–Trinajstić information content (AvgIpc) is 2.71. The van der Waals surface area contributed by atoms with Crippen molar-refractivity contribution >= 4 is 11.8 Å². The number of carbonyl (C=O) groups is 2. The van der Waals surface area contributed by atoms with E-state index in [-0.39, 0.29) is 17.9 Å². The number of hydrogen-bond acceptors (Lipinski definition) is 2. The van der Waals surface area contributed by atoms with E-state index in [9.17, 15) is 9.59 Å². The van der Waals surface area contributed by atoms with Gasteiger partial charge in [-0.05, 0) is 44.2 Å². The Balaban J connectivity index is 2.01. The van der Waals surface area contributed by atoms with Gasteiger partial charge in [0.1, 0.15) is 6.04 Å². The molecule has 1 aromatic rings. The van der Waals surface area contributed by atoms with Gasteiger partial charge < -0.3 is 10.2 Å². The van der Waals surface area contributed by atoms with Crippen molar-refractivity contribution < 1.29 is 9.59 Å². The number of nitrogens with zero attached hydrogens (tertiary/aromatic N) is 1. The SMILES string of the molecule is CCCCCN1CCCCC(NC(=O)c2ccccc2C)C1=O. The standard InChI is InChI=1S/C19H28N2O2/c1-3-4-8-13-21-14-9-7-12-17(19(21)23)20-18(22)16-11-6-5-10-15(16)2/h5-6,10-11,17H,3-4,7-9,12-14H2,1-2H3,(H,20,22). The number of carbonyl (C=O) groups excluding carboxylic acids is 2. The summed E-state index contributed by atoms with van der Waals surface area (Å²) in [6.45, 7) is 5.71. The van der Waals surface area contributed by atoms with Gasteiger partial charge in [0.2, 0.25) is 5.91 Å². The Bertz CT molecular complexity index is 542. The van der Waals surface area contributed by atoms with Gasteiger partial charge in [-0.15, -0.1) is 0 Å². The van der Waals surface area contributed by atoms with Crippen molar-refractivity contribution in [2.45, 2.75) is 58.4 Å². The fraction of sp³-hybridized carbons (Fsp3) is 0.579.